The number of carbonyl (C=O) groups is 1. The van der Waals surface area contributed by atoms with Gasteiger partial charge in [0.15, 0.2) is 5.11 Å². The van der Waals surface area contributed by atoms with Crippen molar-refractivity contribution < 1.29 is 9.90 Å². The first-order chi connectivity index (χ1) is 13.0. The molecule has 0 fully saturated rings. The number of halogens is 1. The highest BCUT2D eigenvalue weighted by molar-refractivity contribution is 7.80. The predicted molar refractivity (Wildman–Crippen MR) is 111 cm³/mol. The molecule has 1 aromatic carbocycles. The summed E-state index contributed by atoms with van der Waals surface area (Å²) >= 11 is 12.8. The number of aliphatic carboxylic acids is 1. The van der Waals surface area contributed by atoms with Gasteiger partial charge in [-0.3, -0.25) is 4.79 Å². The normalized spacial score (nSPS) is 11.6. The number of thiophene rings is 1. The number of carboxylic acid groups (broad SMARTS) is 1. The zero-order valence-corrected chi connectivity index (χ0v) is 16.3. The molecule has 3 N–H and O–H groups in total. The van der Waals surface area contributed by atoms with Gasteiger partial charge in [0.05, 0.1) is 23.0 Å². The lowest BCUT2D eigenvalue weighted by molar-refractivity contribution is -0.137. The molecule has 0 saturated heterocycles. The lowest BCUT2D eigenvalue weighted by Crippen LogP contribution is -2.34. The quantitative estimate of drug-likeness (QED) is 0.512. The number of aromatic nitrogens is 2. The molecule has 0 spiro atoms. The van der Waals surface area contributed by atoms with Crippen LogP contribution in [0, 0.1) is 0 Å². The van der Waals surface area contributed by atoms with E-state index >= 15 is 0 Å². The van der Waals surface area contributed by atoms with E-state index in [2.05, 4.69) is 20.6 Å². The molecule has 1 atom stereocenters. The largest absolute Gasteiger partial charge is 0.481 e. The highest BCUT2D eigenvalue weighted by Gasteiger charge is 2.17. The lowest BCUT2D eigenvalue weighted by Gasteiger charge is -2.19. The van der Waals surface area contributed by atoms with Gasteiger partial charge in [-0.2, -0.15) is 0 Å². The van der Waals surface area contributed by atoms with E-state index < -0.39 is 12.0 Å². The summed E-state index contributed by atoms with van der Waals surface area (Å²) in [5, 5.41) is 17.9. The first-order valence-electron chi connectivity index (χ1n) is 7.93. The van der Waals surface area contributed by atoms with Crippen molar-refractivity contribution in [3.63, 3.8) is 0 Å². The molecule has 138 valence electrons. The smallest absolute Gasteiger partial charge is 0.305 e. The van der Waals surface area contributed by atoms with E-state index in [0.29, 0.717) is 11.0 Å². The van der Waals surface area contributed by atoms with E-state index in [4.69, 9.17) is 23.8 Å². The molecule has 2 heterocycles. The Morgan fingerprint density at radius 3 is 2.70 bits per heavy atom. The number of thiocarbonyl (C=S) groups is 1. The third-order valence-electron chi connectivity index (χ3n) is 3.61. The van der Waals surface area contributed by atoms with Crippen molar-refractivity contribution in [2.24, 2.45) is 0 Å². The number of hydrogen-bond donors (Lipinski definition) is 3. The lowest BCUT2D eigenvalue weighted by atomic mass is 10.0. The summed E-state index contributed by atoms with van der Waals surface area (Å²) in [6, 6.07) is 12.2. The van der Waals surface area contributed by atoms with Gasteiger partial charge in [0.1, 0.15) is 0 Å². The van der Waals surface area contributed by atoms with Crippen LogP contribution in [-0.4, -0.2) is 26.2 Å². The van der Waals surface area contributed by atoms with E-state index in [1.54, 1.807) is 41.8 Å². The maximum atomic E-state index is 11.2. The van der Waals surface area contributed by atoms with Crippen LogP contribution >= 0.6 is 35.2 Å². The van der Waals surface area contributed by atoms with Crippen molar-refractivity contribution in [1.29, 1.82) is 0 Å². The molecule has 0 bridgehead atoms. The van der Waals surface area contributed by atoms with Gasteiger partial charge >= 0.3 is 5.97 Å². The highest BCUT2D eigenvalue weighted by atomic mass is 35.5. The van der Waals surface area contributed by atoms with Crippen LogP contribution < -0.4 is 10.6 Å². The molecule has 9 heteroatoms. The monoisotopic (exact) mass is 418 g/mol. The zero-order valence-electron chi connectivity index (χ0n) is 13.9. The van der Waals surface area contributed by atoms with E-state index in [9.17, 15) is 9.90 Å². The molecule has 0 saturated carbocycles. The van der Waals surface area contributed by atoms with Crippen LogP contribution in [-0.2, 0) is 4.79 Å². The molecule has 0 aliphatic carbocycles. The number of carboxylic acids is 1. The zero-order chi connectivity index (χ0) is 19.2. The summed E-state index contributed by atoms with van der Waals surface area (Å²) in [7, 11) is 0. The van der Waals surface area contributed by atoms with Crippen LogP contribution in [0.4, 0.5) is 5.95 Å². The molecule has 3 aromatic rings. The Morgan fingerprint density at radius 1 is 1.26 bits per heavy atom. The second-order valence-electron chi connectivity index (χ2n) is 5.54. The first kappa shape index (κ1) is 19.2. The van der Waals surface area contributed by atoms with E-state index in [1.807, 2.05) is 23.6 Å². The molecule has 0 aliphatic rings. The minimum atomic E-state index is -0.943. The van der Waals surface area contributed by atoms with Crippen LogP contribution in [0.1, 0.15) is 18.0 Å². The SMILES string of the molecule is O=C(O)C[C@@H](NC(=S)Nc1nccc(-c2cccs2)n1)c1ccc(Cl)cc1. The van der Waals surface area contributed by atoms with Crippen LogP contribution in [0.3, 0.4) is 0 Å². The van der Waals surface area contributed by atoms with Gasteiger partial charge in [0.25, 0.3) is 0 Å². The molecule has 0 aliphatic heterocycles. The van der Waals surface area contributed by atoms with Gasteiger partial charge in [0, 0.05) is 11.2 Å². The topological polar surface area (TPSA) is 87.1 Å². The Hall–Kier alpha value is -2.55. The van der Waals surface area contributed by atoms with Crippen LogP contribution in [0.5, 0.6) is 0 Å². The summed E-state index contributed by atoms with van der Waals surface area (Å²) in [6.45, 7) is 0. The second kappa shape index (κ2) is 8.90. The fourth-order valence-corrected chi connectivity index (χ4v) is 3.45. The average Bonchev–Trinajstić information content (AvgIpc) is 3.16. The van der Waals surface area contributed by atoms with Crippen LogP contribution in [0.15, 0.2) is 54.0 Å². The second-order valence-corrected chi connectivity index (χ2v) is 7.34. The van der Waals surface area contributed by atoms with Gasteiger partial charge in [-0.25, -0.2) is 9.97 Å². The summed E-state index contributed by atoms with van der Waals surface area (Å²) < 4.78 is 0. The fourth-order valence-electron chi connectivity index (χ4n) is 2.40. The molecular formula is C18H15ClN4O2S2. The van der Waals surface area contributed by atoms with E-state index in [0.717, 1.165) is 16.1 Å². The number of anilines is 1. The van der Waals surface area contributed by atoms with E-state index in [1.165, 1.54) is 0 Å². The van der Waals surface area contributed by atoms with Gasteiger partial charge in [0.2, 0.25) is 5.95 Å². The number of nitrogens with one attached hydrogen (secondary N) is 2. The maximum Gasteiger partial charge on any atom is 0.305 e. The number of benzene rings is 1. The minimum absolute atomic E-state index is 0.139. The molecular weight excluding hydrogens is 404 g/mol. The summed E-state index contributed by atoms with van der Waals surface area (Å²) in [5.74, 6) is -0.607. The van der Waals surface area contributed by atoms with Gasteiger partial charge < -0.3 is 15.7 Å². The van der Waals surface area contributed by atoms with Crippen molar-refractivity contribution in [2.75, 3.05) is 5.32 Å². The van der Waals surface area contributed by atoms with Crippen molar-refractivity contribution >= 4 is 52.2 Å². The first-order valence-corrected chi connectivity index (χ1v) is 9.59. The van der Waals surface area contributed by atoms with Crippen LogP contribution in [0.25, 0.3) is 10.6 Å². The Kier molecular flexibility index (Phi) is 6.33. The number of nitrogens with zero attached hydrogens (tertiary/aromatic N) is 2. The van der Waals surface area contributed by atoms with Crippen molar-refractivity contribution in [2.45, 2.75) is 12.5 Å². The molecule has 0 amide bonds. The summed E-state index contributed by atoms with van der Waals surface area (Å²) in [5.41, 5.74) is 1.55. The minimum Gasteiger partial charge on any atom is -0.481 e. The average molecular weight is 419 g/mol. The molecule has 3 rings (SSSR count). The molecule has 27 heavy (non-hydrogen) atoms. The van der Waals surface area contributed by atoms with Gasteiger partial charge in [-0.05, 0) is 47.4 Å². The third-order valence-corrected chi connectivity index (χ3v) is 4.98. The molecule has 2 aromatic heterocycles. The molecule has 0 unspecified atom stereocenters. The third kappa shape index (κ3) is 5.46. The van der Waals surface area contributed by atoms with Crippen molar-refractivity contribution in [3.8, 4) is 10.6 Å². The Bertz CT molecular complexity index is 933. The fraction of sp³-hybridized carbons (Fsp3) is 0.111. The van der Waals surface area contributed by atoms with Crippen molar-refractivity contribution in [1.82, 2.24) is 15.3 Å². The number of hydrogen-bond acceptors (Lipinski definition) is 5. The Balaban J connectivity index is 1.71. The Morgan fingerprint density at radius 2 is 2.04 bits per heavy atom. The summed E-state index contributed by atoms with van der Waals surface area (Å²) in [4.78, 5) is 20.8. The highest BCUT2D eigenvalue weighted by Crippen LogP contribution is 2.23. The van der Waals surface area contributed by atoms with Gasteiger partial charge in [-0.1, -0.05) is 29.8 Å². The standard InChI is InChI=1S/C18H15ClN4O2S2/c19-12-5-3-11(4-6-12)14(10-16(24)25)22-18(26)23-17-20-8-7-13(21-17)15-2-1-9-27-15/h1-9,14H,10H2,(H,24,25)(H2,20,21,22,23,26)/t14-/m1/s1. The predicted octanol–water partition coefficient (Wildman–Crippen LogP) is 4.36. The number of rotatable bonds is 6. The molecule has 0 radical (unpaired) electrons. The molecule has 6 nitrogen and oxygen atoms in total. The maximum absolute atomic E-state index is 11.2. The summed E-state index contributed by atoms with van der Waals surface area (Å²) in [6.07, 6.45) is 1.50. The van der Waals surface area contributed by atoms with E-state index in [-0.39, 0.29) is 11.5 Å². The van der Waals surface area contributed by atoms with Crippen molar-refractivity contribution in [3.05, 3.63) is 64.6 Å². The Labute approximate surface area is 170 Å². The van der Waals surface area contributed by atoms with Crippen LogP contribution in [0.2, 0.25) is 5.02 Å². The van der Waals surface area contributed by atoms with Gasteiger partial charge in [-0.15, -0.1) is 11.3 Å².